The average molecular weight is 594 g/mol. The maximum Gasteiger partial charge on any atom is 0.326 e. The molecule has 0 saturated heterocycles. The van der Waals surface area contributed by atoms with Gasteiger partial charge in [-0.25, -0.2) is 4.79 Å². The molecule has 3 rings (SSSR count). The van der Waals surface area contributed by atoms with E-state index in [1.807, 2.05) is 30.3 Å². The molecule has 43 heavy (non-hydrogen) atoms. The van der Waals surface area contributed by atoms with Gasteiger partial charge >= 0.3 is 5.97 Å². The fraction of sp³-hybridized carbons (Fsp3) is 0.367. The fourth-order valence-electron chi connectivity index (χ4n) is 4.68. The highest BCUT2D eigenvalue weighted by Crippen LogP contribution is 2.19. The van der Waals surface area contributed by atoms with Crippen molar-refractivity contribution < 1.29 is 29.1 Å². The minimum atomic E-state index is -1.40. The van der Waals surface area contributed by atoms with E-state index in [1.165, 1.54) is 0 Å². The third-order valence-electron chi connectivity index (χ3n) is 6.97. The summed E-state index contributed by atoms with van der Waals surface area (Å²) in [7, 11) is 0. The fourth-order valence-corrected chi connectivity index (χ4v) is 4.68. The molecule has 0 spiro atoms. The normalized spacial score (nSPS) is 13.8. The summed E-state index contributed by atoms with van der Waals surface area (Å²) in [5, 5.41) is 18.2. The number of aromatic nitrogens is 1. The summed E-state index contributed by atoms with van der Waals surface area (Å²) in [5.74, 6) is -4.36. The van der Waals surface area contributed by atoms with Crippen molar-refractivity contribution in [2.45, 2.75) is 62.7 Å². The van der Waals surface area contributed by atoms with E-state index >= 15 is 0 Å². The molecule has 1 heterocycles. The van der Waals surface area contributed by atoms with Crippen molar-refractivity contribution in [1.29, 1.82) is 0 Å². The molecule has 13 heteroatoms. The van der Waals surface area contributed by atoms with Gasteiger partial charge in [-0.15, -0.1) is 0 Å². The number of H-pyrrole nitrogens is 1. The second-order valence-corrected chi connectivity index (χ2v) is 10.3. The molecule has 0 bridgehead atoms. The Morgan fingerprint density at radius 1 is 0.791 bits per heavy atom. The summed E-state index contributed by atoms with van der Waals surface area (Å²) >= 11 is 0. The minimum Gasteiger partial charge on any atom is -0.480 e. The summed E-state index contributed by atoms with van der Waals surface area (Å²) in [4.78, 5) is 66.3. The zero-order chi connectivity index (χ0) is 31.4. The smallest absolute Gasteiger partial charge is 0.326 e. The number of carbonyl (C=O) groups excluding carboxylic acids is 4. The largest absolute Gasteiger partial charge is 0.480 e. The number of nitrogens with two attached hydrogens (primary N) is 3. The van der Waals surface area contributed by atoms with Gasteiger partial charge in [0.25, 0.3) is 0 Å². The van der Waals surface area contributed by atoms with Crippen LogP contribution in [-0.2, 0) is 36.8 Å². The van der Waals surface area contributed by atoms with Crippen LogP contribution in [0.5, 0.6) is 0 Å². The molecule has 0 fully saturated rings. The number of carboxylic acids is 1. The van der Waals surface area contributed by atoms with Crippen LogP contribution in [0.25, 0.3) is 10.9 Å². The van der Waals surface area contributed by atoms with Crippen LogP contribution in [0.3, 0.4) is 0 Å². The van der Waals surface area contributed by atoms with Crippen LogP contribution >= 0.6 is 0 Å². The Labute approximate surface area is 248 Å². The van der Waals surface area contributed by atoms with E-state index in [0.29, 0.717) is 24.9 Å². The highest BCUT2D eigenvalue weighted by Gasteiger charge is 2.31. The number of hydrogen-bond acceptors (Lipinski definition) is 7. The number of carbonyl (C=O) groups is 5. The van der Waals surface area contributed by atoms with Crippen LogP contribution in [0.2, 0.25) is 0 Å². The highest BCUT2D eigenvalue weighted by molar-refractivity contribution is 5.96. The average Bonchev–Trinajstić information content (AvgIpc) is 3.38. The molecular formula is C30H39N7O6. The van der Waals surface area contributed by atoms with Crippen LogP contribution in [0, 0.1) is 0 Å². The van der Waals surface area contributed by atoms with E-state index in [2.05, 4.69) is 20.9 Å². The predicted molar refractivity (Wildman–Crippen MR) is 160 cm³/mol. The first-order valence-electron chi connectivity index (χ1n) is 14.1. The zero-order valence-electron chi connectivity index (χ0n) is 23.8. The molecule has 0 aliphatic heterocycles. The molecule has 4 unspecified atom stereocenters. The van der Waals surface area contributed by atoms with Gasteiger partial charge in [-0.1, -0.05) is 48.5 Å². The molecule has 230 valence electrons. The van der Waals surface area contributed by atoms with E-state index < -0.39 is 60.2 Å². The van der Waals surface area contributed by atoms with Gasteiger partial charge in [0.2, 0.25) is 23.6 Å². The van der Waals surface area contributed by atoms with Gasteiger partial charge in [0.15, 0.2) is 0 Å². The molecule has 0 saturated carbocycles. The number of fused-ring (bicyclic) bond motifs is 1. The number of carboxylic acid groups (broad SMARTS) is 1. The maximum absolute atomic E-state index is 13.3. The number of hydrogen-bond donors (Lipinski definition) is 8. The van der Waals surface area contributed by atoms with Crippen molar-refractivity contribution in [1.82, 2.24) is 20.9 Å². The Morgan fingerprint density at radius 2 is 1.42 bits per heavy atom. The van der Waals surface area contributed by atoms with E-state index in [4.69, 9.17) is 17.2 Å². The Balaban J connectivity index is 1.72. The molecule has 3 aromatic rings. The van der Waals surface area contributed by atoms with Gasteiger partial charge in [-0.05, 0) is 49.4 Å². The molecule has 0 aliphatic carbocycles. The first kappa shape index (κ1) is 32.8. The molecule has 0 aliphatic rings. The third-order valence-corrected chi connectivity index (χ3v) is 6.97. The third kappa shape index (κ3) is 9.94. The molecule has 2 aromatic carbocycles. The monoisotopic (exact) mass is 593 g/mol. The maximum atomic E-state index is 13.3. The Kier molecular flexibility index (Phi) is 12.2. The molecule has 13 nitrogen and oxygen atoms in total. The molecule has 0 radical (unpaired) electrons. The van der Waals surface area contributed by atoms with Crippen LogP contribution in [0.15, 0.2) is 60.8 Å². The summed E-state index contributed by atoms with van der Waals surface area (Å²) in [6.45, 7) is 0.347. The Morgan fingerprint density at radius 3 is 2.09 bits per heavy atom. The van der Waals surface area contributed by atoms with Gasteiger partial charge in [0.05, 0.1) is 12.5 Å². The van der Waals surface area contributed by atoms with E-state index in [0.717, 1.165) is 16.5 Å². The number of para-hydroxylation sites is 1. The van der Waals surface area contributed by atoms with Crippen molar-refractivity contribution in [3.05, 3.63) is 71.9 Å². The molecular weight excluding hydrogens is 554 g/mol. The molecule has 11 N–H and O–H groups in total. The second-order valence-electron chi connectivity index (χ2n) is 10.3. The van der Waals surface area contributed by atoms with Crippen molar-refractivity contribution in [3.8, 4) is 0 Å². The van der Waals surface area contributed by atoms with E-state index in [1.54, 1.807) is 30.5 Å². The van der Waals surface area contributed by atoms with Gasteiger partial charge < -0.3 is 43.2 Å². The summed E-state index contributed by atoms with van der Waals surface area (Å²) in [5.41, 5.74) is 19.3. The molecule has 4 atom stereocenters. The Bertz CT molecular complexity index is 1410. The summed E-state index contributed by atoms with van der Waals surface area (Å²) in [6, 6.07) is 11.5. The number of benzene rings is 2. The van der Waals surface area contributed by atoms with Crippen molar-refractivity contribution in [3.63, 3.8) is 0 Å². The van der Waals surface area contributed by atoms with Crippen LogP contribution in [0.4, 0.5) is 0 Å². The van der Waals surface area contributed by atoms with Crippen LogP contribution < -0.4 is 33.2 Å². The van der Waals surface area contributed by atoms with Gasteiger partial charge in [0.1, 0.15) is 18.1 Å². The summed E-state index contributed by atoms with van der Waals surface area (Å²) in [6.07, 6.45) is 2.47. The number of aromatic amines is 1. The lowest BCUT2D eigenvalue weighted by molar-refractivity contribution is -0.142. The summed E-state index contributed by atoms with van der Waals surface area (Å²) < 4.78 is 0. The number of nitrogens with one attached hydrogen (secondary N) is 4. The molecule has 4 amide bonds. The lowest BCUT2D eigenvalue weighted by Crippen LogP contribution is -2.58. The van der Waals surface area contributed by atoms with Gasteiger partial charge in [-0.2, -0.15) is 0 Å². The van der Waals surface area contributed by atoms with Crippen LogP contribution in [-0.4, -0.2) is 70.4 Å². The van der Waals surface area contributed by atoms with E-state index in [-0.39, 0.29) is 19.3 Å². The van der Waals surface area contributed by atoms with Crippen molar-refractivity contribution >= 4 is 40.5 Å². The van der Waals surface area contributed by atoms with Crippen LogP contribution in [0.1, 0.15) is 36.8 Å². The number of primary amides is 1. The number of amides is 4. The van der Waals surface area contributed by atoms with Crippen molar-refractivity contribution in [2.75, 3.05) is 6.54 Å². The first-order chi connectivity index (χ1) is 20.6. The predicted octanol–water partition coefficient (Wildman–Crippen LogP) is -0.176. The zero-order valence-corrected chi connectivity index (χ0v) is 23.8. The lowest BCUT2D eigenvalue weighted by Gasteiger charge is -2.25. The standard InChI is InChI=1S/C30H39N7O6/c31-13-7-6-12-23(28(40)37-25(30(42)43)15-19-17-34-22-11-5-4-10-20(19)22)35-29(41)24(16-26(33)38)36-27(39)21(32)14-18-8-2-1-3-9-18/h1-5,8-11,17,21,23-25,34H,6-7,12-16,31-32H2,(H2,33,38)(H,35,41)(H,36,39)(H,37,40)(H,42,43). The topological polar surface area (TPSA) is 236 Å². The number of unbranched alkanes of at least 4 members (excludes halogenated alkanes) is 1. The minimum absolute atomic E-state index is 0.00574. The second kappa shape index (κ2) is 16.0. The lowest BCUT2D eigenvalue weighted by atomic mass is 10.0. The van der Waals surface area contributed by atoms with Gasteiger partial charge in [-0.3, -0.25) is 19.2 Å². The molecule has 1 aromatic heterocycles. The number of rotatable bonds is 17. The quantitative estimate of drug-likeness (QED) is 0.0975. The SMILES string of the molecule is NCCCCC(NC(=O)C(CC(N)=O)NC(=O)C(N)Cc1ccccc1)C(=O)NC(Cc1c[nH]c2ccccc12)C(=O)O. The van der Waals surface area contributed by atoms with Crippen molar-refractivity contribution in [2.24, 2.45) is 17.2 Å². The highest BCUT2D eigenvalue weighted by atomic mass is 16.4. The Hall–Kier alpha value is -4.75. The number of aliphatic carboxylic acids is 1. The first-order valence-corrected chi connectivity index (χ1v) is 14.1. The van der Waals surface area contributed by atoms with Gasteiger partial charge in [0, 0.05) is 23.5 Å². The van der Waals surface area contributed by atoms with E-state index in [9.17, 15) is 29.1 Å².